The van der Waals surface area contributed by atoms with Crippen molar-refractivity contribution in [1.29, 1.82) is 0 Å². The summed E-state index contributed by atoms with van der Waals surface area (Å²) in [4.78, 5) is 12.3. The predicted molar refractivity (Wildman–Crippen MR) is 98.5 cm³/mol. The minimum Gasteiger partial charge on any atom is -0.493 e. The second-order valence-corrected chi connectivity index (χ2v) is 6.63. The molecule has 24 heavy (non-hydrogen) atoms. The second kappa shape index (κ2) is 9.11. The lowest BCUT2D eigenvalue weighted by Crippen LogP contribution is -2.32. The molecule has 2 aromatic rings. The summed E-state index contributed by atoms with van der Waals surface area (Å²) in [5, 5.41) is 3.06. The van der Waals surface area contributed by atoms with Gasteiger partial charge >= 0.3 is 0 Å². The quantitative estimate of drug-likeness (QED) is 0.777. The molecule has 0 saturated carbocycles. The highest BCUT2D eigenvalue weighted by atomic mass is 16.5. The van der Waals surface area contributed by atoms with E-state index in [0.717, 1.165) is 18.6 Å². The van der Waals surface area contributed by atoms with Gasteiger partial charge in [-0.05, 0) is 55.5 Å². The molecule has 0 unspecified atom stereocenters. The smallest absolute Gasteiger partial charge is 0.251 e. The van der Waals surface area contributed by atoms with Gasteiger partial charge in [-0.25, -0.2) is 0 Å². The Morgan fingerprint density at radius 3 is 2.29 bits per heavy atom. The topological polar surface area (TPSA) is 38.3 Å². The Bertz CT molecular complexity index is 620. The lowest BCUT2D eigenvalue weighted by Gasteiger charge is -2.14. The Hall–Kier alpha value is -2.29. The van der Waals surface area contributed by atoms with Crippen molar-refractivity contribution in [1.82, 2.24) is 5.32 Å². The molecule has 3 nitrogen and oxygen atoms in total. The molecule has 1 amide bonds. The van der Waals surface area contributed by atoms with Crippen molar-refractivity contribution in [2.24, 2.45) is 5.92 Å². The number of benzene rings is 2. The van der Waals surface area contributed by atoms with E-state index in [2.05, 4.69) is 31.3 Å². The Morgan fingerprint density at radius 1 is 1.00 bits per heavy atom. The van der Waals surface area contributed by atoms with Crippen LogP contribution in [0, 0.1) is 5.92 Å². The van der Waals surface area contributed by atoms with Gasteiger partial charge in [0.05, 0.1) is 6.61 Å². The second-order valence-electron chi connectivity index (χ2n) is 6.63. The minimum absolute atomic E-state index is 0.0361. The molecular formula is C21H27NO2. The molecule has 0 spiro atoms. The molecule has 1 atom stereocenters. The Labute approximate surface area is 145 Å². The standard InChI is InChI=1S/C21H27NO2/c1-16(2)15-24-20-13-11-19(12-14-20)21(23)22-17(3)9-10-18-7-5-4-6-8-18/h4-8,11-14,16-17H,9-10,15H2,1-3H3,(H,22,23)/t17-/m0/s1. The maximum Gasteiger partial charge on any atom is 0.251 e. The fourth-order valence-corrected chi connectivity index (χ4v) is 2.37. The highest BCUT2D eigenvalue weighted by Gasteiger charge is 2.10. The lowest BCUT2D eigenvalue weighted by atomic mass is 10.1. The summed E-state index contributed by atoms with van der Waals surface area (Å²) in [7, 11) is 0. The predicted octanol–water partition coefficient (Wildman–Crippen LogP) is 4.47. The van der Waals surface area contributed by atoms with E-state index < -0.39 is 0 Å². The van der Waals surface area contributed by atoms with Gasteiger partial charge in [0, 0.05) is 11.6 Å². The SMILES string of the molecule is CC(C)COc1ccc(C(=O)N[C@@H](C)CCc2ccccc2)cc1. The Kier molecular flexibility index (Phi) is 6.86. The first-order valence-electron chi connectivity index (χ1n) is 8.62. The van der Waals surface area contributed by atoms with Gasteiger partial charge in [0.25, 0.3) is 5.91 Å². The summed E-state index contributed by atoms with van der Waals surface area (Å²) in [6.45, 7) is 6.94. The summed E-state index contributed by atoms with van der Waals surface area (Å²) >= 11 is 0. The summed E-state index contributed by atoms with van der Waals surface area (Å²) < 4.78 is 5.64. The van der Waals surface area contributed by atoms with Crippen LogP contribution in [0.4, 0.5) is 0 Å². The molecule has 3 heteroatoms. The van der Waals surface area contributed by atoms with Crippen LogP contribution in [-0.2, 0) is 6.42 Å². The highest BCUT2D eigenvalue weighted by molar-refractivity contribution is 5.94. The first-order chi connectivity index (χ1) is 11.5. The molecule has 0 saturated heterocycles. The first kappa shape index (κ1) is 18.1. The highest BCUT2D eigenvalue weighted by Crippen LogP contribution is 2.14. The maximum atomic E-state index is 12.3. The van der Waals surface area contributed by atoms with Crippen LogP contribution < -0.4 is 10.1 Å². The molecule has 0 heterocycles. The van der Waals surface area contributed by atoms with Gasteiger partial charge < -0.3 is 10.1 Å². The van der Waals surface area contributed by atoms with Gasteiger partial charge in [-0.2, -0.15) is 0 Å². The number of nitrogens with one attached hydrogen (secondary N) is 1. The third-order valence-electron chi connectivity index (χ3n) is 3.79. The van der Waals surface area contributed by atoms with Gasteiger partial charge in [0.2, 0.25) is 0 Å². The zero-order chi connectivity index (χ0) is 17.4. The molecule has 0 aliphatic carbocycles. The number of carbonyl (C=O) groups is 1. The van der Waals surface area contributed by atoms with Crippen LogP contribution in [-0.4, -0.2) is 18.6 Å². The number of aryl methyl sites for hydroxylation is 1. The molecule has 0 bridgehead atoms. The Morgan fingerprint density at radius 2 is 1.67 bits per heavy atom. The van der Waals surface area contributed by atoms with Gasteiger partial charge in [0.1, 0.15) is 5.75 Å². The van der Waals surface area contributed by atoms with Gasteiger partial charge in [0.15, 0.2) is 0 Å². The number of hydrogen-bond donors (Lipinski definition) is 1. The van der Waals surface area contributed by atoms with Crippen molar-refractivity contribution in [2.45, 2.75) is 39.7 Å². The summed E-state index contributed by atoms with van der Waals surface area (Å²) in [6.07, 6.45) is 1.88. The molecule has 0 aliphatic rings. The first-order valence-corrected chi connectivity index (χ1v) is 8.62. The normalized spacial score (nSPS) is 12.0. The van der Waals surface area contributed by atoms with Crippen LogP contribution in [0.3, 0.4) is 0 Å². The number of rotatable bonds is 8. The summed E-state index contributed by atoms with van der Waals surface area (Å²) in [5.41, 5.74) is 1.96. The van der Waals surface area contributed by atoms with Gasteiger partial charge in [-0.15, -0.1) is 0 Å². The van der Waals surface area contributed by atoms with E-state index in [-0.39, 0.29) is 11.9 Å². The van der Waals surface area contributed by atoms with E-state index >= 15 is 0 Å². The van der Waals surface area contributed by atoms with Crippen molar-refractivity contribution >= 4 is 5.91 Å². The average Bonchev–Trinajstić information content (AvgIpc) is 2.59. The zero-order valence-corrected chi connectivity index (χ0v) is 14.8. The van der Waals surface area contributed by atoms with E-state index in [1.807, 2.05) is 49.4 Å². The van der Waals surface area contributed by atoms with Crippen LogP contribution in [0.5, 0.6) is 5.75 Å². The molecule has 1 N–H and O–H groups in total. The van der Waals surface area contributed by atoms with Crippen molar-refractivity contribution in [3.8, 4) is 5.75 Å². The average molecular weight is 325 g/mol. The minimum atomic E-state index is -0.0361. The molecule has 2 aromatic carbocycles. The molecule has 0 aliphatic heterocycles. The maximum absolute atomic E-state index is 12.3. The van der Waals surface area contributed by atoms with E-state index in [4.69, 9.17) is 4.74 Å². The third-order valence-corrected chi connectivity index (χ3v) is 3.79. The molecule has 2 rings (SSSR count). The summed E-state index contributed by atoms with van der Waals surface area (Å²) in [5.74, 6) is 1.25. The lowest BCUT2D eigenvalue weighted by molar-refractivity contribution is 0.0938. The van der Waals surface area contributed by atoms with Crippen molar-refractivity contribution < 1.29 is 9.53 Å². The van der Waals surface area contributed by atoms with Crippen LogP contribution in [0.15, 0.2) is 54.6 Å². The molecule has 0 aromatic heterocycles. The van der Waals surface area contributed by atoms with Crippen LogP contribution in [0.2, 0.25) is 0 Å². The number of carbonyl (C=O) groups excluding carboxylic acids is 1. The van der Waals surface area contributed by atoms with Crippen LogP contribution >= 0.6 is 0 Å². The molecule has 0 radical (unpaired) electrons. The molecule has 128 valence electrons. The van der Waals surface area contributed by atoms with Crippen molar-refractivity contribution in [3.63, 3.8) is 0 Å². The van der Waals surface area contributed by atoms with Crippen LogP contribution in [0.25, 0.3) is 0 Å². The van der Waals surface area contributed by atoms with Crippen molar-refractivity contribution in [2.75, 3.05) is 6.61 Å². The number of ether oxygens (including phenoxy) is 1. The van der Waals surface area contributed by atoms with E-state index in [1.54, 1.807) is 0 Å². The van der Waals surface area contributed by atoms with E-state index in [1.165, 1.54) is 5.56 Å². The number of hydrogen-bond acceptors (Lipinski definition) is 2. The fourth-order valence-electron chi connectivity index (χ4n) is 2.37. The Balaban J connectivity index is 1.80. The third kappa shape index (κ3) is 6.07. The summed E-state index contributed by atoms with van der Waals surface area (Å²) in [6, 6.07) is 17.8. The van der Waals surface area contributed by atoms with E-state index in [9.17, 15) is 4.79 Å². The number of amides is 1. The molecular weight excluding hydrogens is 298 g/mol. The molecule has 0 fully saturated rings. The van der Waals surface area contributed by atoms with Crippen molar-refractivity contribution in [3.05, 3.63) is 65.7 Å². The van der Waals surface area contributed by atoms with Gasteiger partial charge in [-0.1, -0.05) is 44.2 Å². The largest absolute Gasteiger partial charge is 0.493 e. The fraction of sp³-hybridized carbons (Fsp3) is 0.381. The van der Waals surface area contributed by atoms with E-state index in [0.29, 0.717) is 18.1 Å². The monoisotopic (exact) mass is 325 g/mol. The zero-order valence-electron chi connectivity index (χ0n) is 14.8. The van der Waals surface area contributed by atoms with Gasteiger partial charge in [-0.3, -0.25) is 4.79 Å². The van der Waals surface area contributed by atoms with Crippen LogP contribution in [0.1, 0.15) is 43.1 Å².